The van der Waals surface area contributed by atoms with Crippen molar-refractivity contribution in [3.63, 3.8) is 0 Å². The van der Waals surface area contributed by atoms with Gasteiger partial charge >= 0.3 is 0 Å². The third kappa shape index (κ3) is 3.38. The number of methoxy groups -OCH3 is 1. The molecule has 6 heteroatoms. The van der Waals surface area contributed by atoms with Crippen LogP contribution in [0.2, 0.25) is 0 Å². The molecular weight excluding hydrogens is 378 g/mol. The summed E-state index contributed by atoms with van der Waals surface area (Å²) in [7, 11) is 1.64. The molecule has 3 aromatic rings. The standard InChI is InChI=1S/C24H23N3O3/c1-28-22-3-2-4-23-24(22)30-18(15-29-23)14-27-9-7-17(8-10-27)20-13-26-21-6-5-16(12-25)11-19(20)21/h2-7,11,13,18,26H,8-10,14-15H2,1H3. The van der Waals surface area contributed by atoms with E-state index < -0.39 is 0 Å². The molecule has 5 rings (SSSR count). The van der Waals surface area contributed by atoms with Crippen molar-refractivity contribution in [2.45, 2.75) is 12.5 Å². The molecule has 0 aliphatic carbocycles. The number of fused-ring (bicyclic) bond motifs is 2. The maximum absolute atomic E-state index is 9.21. The van der Waals surface area contributed by atoms with Crippen molar-refractivity contribution in [3.05, 3.63) is 59.8 Å². The Kier molecular flexibility index (Phi) is 4.82. The minimum absolute atomic E-state index is 0.0324. The number of nitriles is 1. The zero-order valence-electron chi connectivity index (χ0n) is 16.9. The molecule has 6 nitrogen and oxygen atoms in total. The first kappa shape index (κ1) is 18.6. The van der Waals surface area contributed by atoms with Gasteiger partial charge in [-0.3, -0.25) is 4.90 Å². The molecule has 152 valence electrons. The van der Waals surface area contributed by atoms with E-state index in [-0.39, 0.29) is 6.10 Å². The summed E-state index contributed by atoms with van der Waals surface area (Å²) in [6, 6.07) is 13.7. The van der Waals surface area contributed by atoms with E-state index in [2.05, 4.69) is 28.2 Å². The second-order valence-corrected chi connectivity index (χ2v) is 7.65. The van der Waals surface area contributed by atoms with Crippen LogP contribution in [-0.4, -0.2) is 49.3 Å². The summed E-state index contributed by atoms with van der Waals surface area (Å²) in [4.78, 5) is 5.70. The van der Waals surface area contributed by atoms with Gasteiger partial charge in [-0.05, 0) is 42.3 Å². The number of H-pyrrole nitrogens is 1. The van der Waals surface area contributed by atoms with Gasteiger partial charge in [0.05, 0.1) is 18.7 Å². The summed E-state index contributed by atoms with van der Waals surface area (Å²) in [6.07, 6.45) is 5.25. The topological polar surface area (TPSA) is 70.5 Å². The van der Waals surface area contributed by atoms with Gasteiger partial charge in [0.2, 0.25) is 5.75 Å². The van der Waals surface area contributed by atoms with E-state index in [1.54, 1.807) is 7.11 Å². The van der Waals surface area contributed by atoms with E-state index in [0.29, 0.717) is 23.7 Å². The van der Waals surface area contributed by atoms with Crippen molar-refractivity contribution < 1.29 is 14.2 Å². The zero-order chi connectivity index (χ0) is 20.5. The predicted octanol–water partition coefficient (Wildman–Crippen LogP) is 3.98. The van der Waals surface area contributed by atoms with Crippen LogP contribution in [0.3, 0.4) is 0 Å². The van der Waals surface area contributed by atoms with Crippen molar-refractivity contribution >= 4 is 16.5 Å². The van der Waals surface area contributed by atoms with E-state index in [4.69, 9.17) is 14.2 Å². The Labute approximate surface area is 175 Å². The van der Waals surface area contributed by atoms with E-state index in [0.717, 1.165) is 42.7 Å². The first-order chi connectivity index (χ1) is 14.7. The summed E-state index contributed by atoms with van der Waals surface area (Å²) in [5, 5.41) is 10.3. The van der Waals surface area contributed by atoms with E-state index in [1.165, 1.54) is 11.1 Å². The Morgan fingerprint density at radius 3 is 3.03 bits per heavy atom. The highest BCUT2D eigenvalue weighted by molar-refractivity contribution is 5.93. The number of rotatable bonds is 4. The number of aromatic amines is 1. The van der Waals surface area contributed by atoms with Gasteiger partial charge in [-0.1, -0.05) is 12.1 Å². The summed E-state index contributed by atoms with van der Waals surface area (Å²) >= 11 is 0. The number of nitrogens with zero attached hydrogens (tertiary/aromatic N) is 2. The number of hydrogen-bond donors (Lipinski definition) is 1. The number of para-hydroxylation sites is 1. The Hall–Kier alpha value is -3.43. The molecule has 0 radical (unpaired) electrons. The third-order valence-electron chi connectivity index (χ3n) is 5.78. The van der Waals surface area contributed by atoms with Gasteiger partial charge in [-0.2, -0.15) is 5.26 Å². The number of nitrogens with one attached hydrogen (secondary N) is 1. The fourth-order valence-electron chi connectivity index (χ4n) is 4.23. The molecule has 1 N–H and O–H groups in total. The van der Waals surface area contributed by atoms with Crippen LogP contribution in [0, 0.1) is 11.3 Å². The Bertz CT molecular complexity index is 1140. The average molecular weight is 401 g/mol. The van der Waals surface area contributed by atoms with Crippen LogP contribution in [0.4, 0.5) is 0 Å². The summed E-state index contributed by atoms with van der Waals surface area (Å²) in [6.45, 7) is 3.15. The molecular formula is C24H23N3O3. The minimum Gasteiger partial charge on any atom is -0.493 e. The van der Waals surface area contributed by atoms with E-state index in [9.17, 15) is 5.26 Å². The molecule has 1 aromatic heterocycles. The molecule has 0 fully saturated rings. The number of aromatic nitrogens is 1. The van der Waals surface area contributed by atoms with Crippen LogP contribution < -0.4 is 14.2 Å². The SMILES string of the molecule is COc1cccc2c1OC(CN1CC=C(c3c[nH]c4ccc(C#N)cc34)CC1)CO2. The molecule has 3 heterocycles. The first-order valence-corrected chi connectivity index (χ1v) is 10.1. The Balaban J connectivity index is 1.28. The van der Waals surface area contributed by atoms with Crippen LogP contribution >= 0.6 is 0 Å². The van der Waals surface area contributed by atoms with Gasteiger partial charge in [0.25, 0.3) is 0 Å². The lowest BCUT2D eigenvalue weighted by molar-refractivity contribution is 0.0586. The van der Waals surface area contributed by atoms with Crippen LogP contribution in [0.1, 0.15) is 17.5 Å². The van der Waals surface area contributed by atoms with Crippen LogP contribution in [0.25, 0.3) is 16.5 Å². The molecule has 30 heavy (non-hydrogen) atoms. The molecule has 2 aromatic carbocycles. The van der Waals surface area contributed by atoms with Crippen molar-refractivity contribution in [2.75, 3.05) is 33.4 Å². The maximum Gasteiger partial charge on any atom is 0.204 e. The van der Waals surface area contributed by atoms with Gasteiger partial charge < -0.3 is 19.2 Å². The van der Waals surface area contributed by atoms with E-state index in [1.807, 2.05) is 36.4 Å². The van der Waals surface area contributed by atoms with Gasteiger partial charge in [0, 0.05) is 42.3 Å². The Morgan fingerprint density at radius 1 is 1.30 bits per heavy atom. The molecule has 0 amide bonds. The van der Waals surface area contributed by atoms with E-state index >= 15 is 0 Å². The van der Waals surface area contributed by atoms with Gasteiger partial charge in [-0.15, -0.1) is 0 Å². The summed E-state index contributed by atoms with van der Waals surface area (Å²) in [5.74, 6) is 2.13. The third-order valence-corrected chi connectivity index (χ3v) is 5.78. The highest BCUT2D eigenvalue weighted by Gasteiger charge is 2.27. The van der Waals surface area contributed by atoms with Gasteiger partial charge in [0.1, 0.15) is 12.7 Å². The summed E-state index contributed by atoms with van der Waals surface area (Å²) in [5.41, 5.74) is 4.26. The van der Waals surface area contributed by atoms with Crippen molar-refractivity contribution in [1.82, 2.24) is 9.88 Å². The molecule has 0 saturated carbocycles. The summed E-state index contributed by atoms with van der Waals surface area (Å²) < 4.78 is 17.5. The molecule has 2 aliphatic heterocycles. The highest BCUT2D eigenvalue weighted by Crippen LogP contribution is 2.40. The lowest BCUT2D eigenvalue weighted by Gasteiger charge is -2.33. The lowest BCUT2D eigenvalue weighted by atomic mass is 9.98. The predicted molar refractivity (Wildman–Crippen MR) is 115 cm³/mol. The largest absolute Gasteiger partial charge is 0.493 e. The van der Waals surface area contributed by atoms with Crippen LogP contribution in [0.15, 0.2) is 48.7 Å². The Morgan fingerprint density at radius 2 is 2.23 bits per heavy atom. The quantitative estimate of drug-likeness (QED) is 0.716. The van der Waals surface area contributed by atoms with Crippen molar-refractivity contribution in [2.24, 2.45) is 0 Å². The second-order valence-electron chi connectivity index (χ2n) is 7.65. The number of ether oxygens (including phenoxy) is 3. The van der Waals surface area contributed by atoms with Gasteiger partial charge in [0.15, 0.2) is 11.5 Å². The number of benzene rings is 2. The smallest absolute Gasteiger partial charge is 0.204 e. The molecule has 1 unspecified atom stereocenters. The lowest BCUT2D eigenvalue weighted by Crippen LogP contribution is -2.42. The second kappa shape index (κ2) is 7.77. The maximum atomic E-state index is 9.21. The van der Waals surface area contributed by atoms with Crippen molar-refractivity contribution in [1.29, 1.82) is 5.26 Å². The molecule has 1 atom stereocenters. The van der Waals surface area contributed by atoms with Crippen molar-refractivity contribution in [3.8, 4) is 23.3 Å². The van der Waals surface area contributed by atoms with Crippen LogP contribution in [-0.2, 0) is 0 Å². The fraction of sp³-hybridized carbons (Fsp3) is 0.292. The molecule has 0 spiro atoms. The van der Waals surface area contributed by atoms with Crippen LogP contribution in [0.5, 0.6) is 17.2 Å². The zero-order valence-corrected chi connectivity index (χ0v) is 16.9. The molecule has 0 bridgehead atoms. The highest BCUT2D eigenvalue weighted by atomic mass is 16.6. The molecule has 0 saturated heterocycles. The molecule has 2 aliphatic rings. The minimum atomic E-state index is -0.0324. The normalized spacial score (nSPS) is 18.7. The number of hydrogen-bond acceptors (Lipinski definition) is 5. The average Bonchev–Trinajstić information content (AvgIpc) is 3.22. The fourth-order valence-corrected chi connectivity index (χ4v) is 4.23. The first-order valence-electron chi connectivity index (χ1n) is 10.1. The monoisotopic (exact) mass is 401 g/mol. The van der Waals surface area contributed by atoms with Gasteiger partial charge in [-0.25, -0.2) is 0 Å².